The van der Waals surface area contributed by atoms with Crippen molar-refractivity contribution in [2.24, 2.45) is 0 Å². The van der Waals surface area contributed by atoms with Crippen LogP contribution in [0.1, 0.15) is 11.1 Å². The third-order valence-corrected chi connectivity index (χ3v) is 3.65. The third kappa shape index (κ3) is 3.06. The van der Waals surface area contributed by atoms with Crippen molar-refractivity contribution in [3.63, 3.8) is 0 Å². The summed E-state index contributed by atoms with van der Waals surface area (Å²) in [5.74, 6) is 1.66. The number of thioether (sulfide) groups is 1. The minimum atomic E-state index is 0.749. The molecule has 0 saturated heterocycles. The number of nitriles is 1. The maximum Gasteiger partial charge on any atom is 0.118 e. The molecule has 0 spiro atoms. The number of nitrogens with zero attached hydrogens (tertiary/aromatic N) is 1. The van der Waals surface area contributed by atoms with E-state index < -0.39 is 0 Å². The summed E-state index contributed by atoms with van der Waals surface area (Å²) in [4.78, 5) is 1.17. The SMILES string of the molecule is COc1ccc(SCc2ccccc2C#N)cc1. The first-order chi connectivity index (χ1) is 8.83. The van der Waals surface area contributed by atoms with E-state index in [0.29, 0.717) is 0 Å². The number of hydrogen-bond donors (Lipinski definition) is 0. The Balaban J connectivity index is 2.05. The summed E-state index contributed by atoms with van der Waals surface area (Å²) in [6.45, 7) is 0. The Labute approximate surface area is 111 Å². The van der Waals surface area contributed by atoms with E-state index in [1.165, 1.54) is 4.90 Å². The molecule has 3 heteroatoms. The van der Waals surface area contributed by atoms with E-state index in [0.717, 1.165) is 22.6 Å². The quantitative estimate of drug-likeness (QED) is 0.778. The van der Waals surface area contributed by atoms with Crippen LogP contribution in [0.2, 0.25) is 0 Å². The van der Waals surface area contributed by atoms with Crippen LogP contribution in [0, 0.1) is 11.3 Å². The van der Waals surface area contributed by atoms with Gasteiger partial charge in [-0.2, -0.15) is 5.26 Å². The summed E-state index contributed by atoms with van der Waals surface area (Å²) in [5.41, 5.74) is 1.82. The monoisotopic (exact) mass is 255 g/mol. The zero-order valence-electron chi connectivity index (χ0n) is 10.1. The average Bonchev–Trinajstić information content (AvgIpc) is 2.46. The first-order valence-corrected chi connectivity index (χ1v) is 6.57. The minimum absolute atomic E-state index is 0.749. The fourth-order valence-electron chi connectivity index (χ4n) is 1.59. The van der Waals surface area contributed by atoms with Crippen LogP contribution < -0.4 is 4.74 Å². The van der Waals surface area contributed by atoms with Crippen LogP contribution in [0.5, 0.6) is 5.75 Å². The molecule has 0 aliphatic carbocycles. The van der Waals surface area contributed by atoms with Gasteiger partial charge in [-0.05, 0) is 35.9 Å². The van der Waals surface area contributed by atoms with E-state index in [1.54, 1.807) is 18.9 Å². The van der Waals surface area contributed by atoms with Gasteiger partial charge in [-0.25, -0.2) is 0 Å². The molecule has 2 nitrogen and oxygen atoms in total. The highest BCUT2D eigenvalue weighted by Crippen LogP contribution is 2.25. The Bertz CT molecular complexity index is 557. The molecule has 90 valence electrons. The van der Waals surface area contributed by atoms with E-state index in [1.807, 2.05) is 48.5 Å². The Morgan fingerprint density at radius 2 is 1.83 bits per heavy atom. The number of rotatable bonds is 4. The van der Waals surface area contributed by atoms with E-state index in [-0.39, 0.29) is 0 Å². The minimum Gasteiger partial charge on any atom is -0.497 e. The number of methoxy groups -OCH3 is 1. The van der Waals surface area contributed by atoms with Gasteiger partial charge in [0, 0.05) is 10.6 Å². The summed E-state index contributed by atoms with van der Waals surface area (Å²) in [6.07, 6.45) is 0. The van der Waals surface area contributed by atoms with Crippen molar-refractivity contribution in [3.8, 4) is 11.8 Å². The molecule has 0 unspecified atom stereocenters. The van der Waals surface area contributed by atoms with Gasteiger partial charge in [0.25, 0.3) is 0 Å². The second kappa shape index (κ2) is 6.13. The number of benzene rings is 2. The van der Waals surface area contributed by atoms with Crippen LogP contribution in [0.15, 0.2) is 53.4 Å². The molecule has 0 saturated carbocycles. The Kier molecular flexibility index (Phi) is 4.27. The standard InChI is InChI=1S/C15H13NOS/c1-17-14-6-8-15(9-7-14)18-11-13-5-3-2-4-12(13)10-16/h2-9H,11H2,1H3. The summed E-state index contributed by atoms with van der Waals surface area (Å²) < 4.78 is 5.12. The lowest BCUT2D eigenvalue weighted by molar-refractivity contribution is 0.414. The molecule has 0 N–H and O–H groups in total. The van der Waals surface area contributed by atoms with Crippen molar-refractivity contribution in [1.29, 1.82) is 5.26 Å². The van der Waals surface area contributed by atoms with Crippen molar-refractivity contribution in [2.45, 2.75) is 10.6 Å². The molecular formula is C15H13NOS. The molecule has 2 rings (SSSR count). The molecule has 0 atom stereocenters. The Morgan fingerprint density at radius 3 is 2.50 bits per heavy atom. The van der Waals surface area contributed by atoms with Crippen LogP contribution in [-0.4, -0.2) is 7.11 Å². The van der Waals surface area contributed by atoms with Gasteiger partial charge in [0.2, 0.25) is 0 Å². The van der Waals surface area contributed by atoms with Crippen LogP contribution >= 0.6 is 11.8 Å². The largest absolute Gasteiger partial charge is 0.497 e. The lowest BCUT2D eigenvalue weighted by Crippen LogP contribution is -1.86. The third-order valence-electron chi connectivity index (χ3n) is 2.59. The molecule has 0 aliphatic heterocycles. The van der Waals surface area contributed by atoms with E-state index in [2.05, 4.69) is 6.07 Å². The molecule has 2 aromatic carbocycles. The van der Waals surface area contributed by atoms with E-state index in [9.17, 15) is 0 Å². The molecule has 0 aromatic heterocycles. The van der Waals surface area contributed by atoms with Crippen LogP contribution in [0.3, 0.4) is 0 Å². The normalized spacial score (nSPS) is 9.78. The van der Waals surface area contributed by atoms with E-state index >= 15 is 0 Å². The van der Waals surface area contributed by atoms with Gasteiger partial charge >= 0.3 is 0 Å². The number of ether oxygens (including phenoxy) is 1. The molecule has 0 aliphatic rings. The molecular weight excluding hydrogens is 242 g/mol. The van der Waals surface area contributed by atoms with Crippen LogP contribution in [0.4, 0.5) is 0 Å². The predicted molar refractivity (Wildman–Crippen MR) is 73.7 cm³/mol. The smallest absolute Gasteiger partial charge is 0.118 e. The predicted octanol–water partition coefficient (Wildman–Crippen LogP) is 3.86. The Hall–Kier alpha value is -1.92. The molecule has 0 bridgehead atoms. The van der Waals surface area contributed by atoms with Gasteiger partial charge in [-0.1, -0.05) is 18.2 Å². The highest BCUT2D eigenvalue weighted by Gasteiger charge is 2.02. The summed E-state index contributed by atoms with van der Waals surface area (Å²) in [7, 11) is 1.66. The molecule has 0 fully saturated rings. The maximum absolute atomic E-state index is 9.01. The van der Waals surface area contributed by atoms with Crippen molar-refractivity contribution in [2.75, 3.05) is 7.11 Å². The zero-order chi connectivity index (χ0) is 12.8. The summed E-state index contributed by atoms with van der Waals surface area (Å²) in [5, 5.41) is 9.01. The molecule has 0 amide bonds. The first kappa shape index (κ1) is 12.5. The van der Waals surface area contributed by atoms with Crippen molar-refractivity contribution in [1.82, 2.24) is 0 Å². The second-order valence-corrected chi connectivity index (χ2v) is 4.78. The molecule has 2 aromatic rings. The lowest BCUT2D eigenvalue weighted by atomic mass is 10.1. The van der Waals surface area contributed by atoms with Crippen LogP contribution in [0.25, 0.3) is 0 Å². The maximum atomic E-state index is 9.01. The molecule has 18 heavy (non-hydrogen) atoms. The summed E-state index contributed by atoms with van der Waals surface area (Å²) >= 11 is 1.72. The first-order valence-electron chi connectivity index (χ1n) is 5.58. The summed E-state index contributed by atoms with van der Waals surface area (Å²) in [6, 6.07) is 17.9. The van der Waals surface area contributed by atoms with Crippen molar-refractivity contribution >= 4 is 11.8 Å². The van der Waals surface area contributed by atoms with Gasteiger partial charge in [-0.15, -0.1) is 11.8 Å². The van der Waals surface area contributed by atoms with Gasteiger partial charge < -0.3 is 4.74 Å². The van der Waals surface area contributed by atoms with Crippen molar-refractivity contribution in [3.05, 3.63) is 59.7 Å². The zero-order valence-corrected chi connectivity index (χ0v) is 10.9. The lowest BCUT2D eigenvalue weighted by Gasteiger charge is -2.05. The van der Waals surface area contributed by atoms with Crippen molar-refractivity contribution < 1.29 is 4.74 Å². The van der Waals surface area contributed by atoms with Gasteiger partial charge in [0.15, 0.2) is 0 Å². The highest BCUT2D eigenvalue weighted by atomic mass is 32.2. The topological polar surface area (TPSA) is 33.0 Å². The van der Waals surface area contributed by atoms with Gasteiger partial charge in [0.05, 0.1) is 18.7 Å². The average molecular weight is 255 g/mol. The Morgan fingerprint density at radius 1 is 1.11 bits per heavy atom. The van der Waals surface area contributed by atoms with Gasteiger partial charge in [0.1, 0.15) is 5.75 Å². The fraction of sp³-hybridized carbons (Fsp3) is 0.133. The second-order valence-electron chi connectivity index (χ2n) is 3.73. The molecule has 0 radical (unpaired) electrons. The van der Waals surface area contributed by atoms with Gasteiger partial charge in [-0.3, -0.25) is 0 Å². The van der Waals surface area contributed by atoms with E-state index in [4.69, 9.17) is 10.00 Å². The molecule has 0 heterocycles. The fourth-order valence-corrected chi connectivity index (χ4v) is 2.49. The highest BCUT2D eigenvalue weighted by molar-refractivity contribution is 7.98. The number of hydrogen-bond acceptors (Lipinski definition) is 3. The van der Waals surface area contributed by atoms with Crippen LogP contribution in [-0.2, 0) is 5.75 Å².